The van der Waals surface area contributed by atoms with Crippen LogP contribution in [-0.2, 0) is 19.4 Å². The lowest BCUT2D eigenvalue weighted by atomic mass is 10.2. The molecule has 1 fully saturated rings. The van der Waals surface area contributed by atoms with Gasteiger partial charge in [-0.3, -0.25) is 14.6 Å². The first-order valence-corrected chi connectivity index (χ1v) is 9.32. The molecule has 1 aliphatic rings. The minimum absolute atomic E-state index is 0.0458. The molecular formula is C16H17N3O4S. The molecule has 0 radical (unpaired) electrons. The number of hydrogen-bond donors (Lipinski definition) is 1. The van der Waals surface area contributed by atoms with Crippen LogP contribution in [0.3, 0.4) is 0 Å². The number of para-hydroxylation sites is 1. The summed E-state index contributed by atoms with van der Waals surface area (Å²) in [5.74, 6) is -1.62. The fourth-order valence-corrected chi connectivity index (χ4v) is 4.56. The van der Waals surface area contributed by atoms with Gasteiger partial charge in [0.2, 0.25) is 0 Å². The molecule has 1 aromatic carbocycles. The first-order chi connectivity index (χ1) is 11.4. The van der Waals surface area contributed by atoms with Gasteiger partial charge in [-0.1, -0.05) is 18.2 Å². The molecule has 1 aromatic heterocycles. The van der Waals surface area contributed by atoms with E-state index in [9.17, 15) is 18.0 Å². The fraction of sp³-hybridized carbons (Fsp3) is 0.312. The van der Waals surface area contributed by atoms with E-state index in [1.165, 1.54) is 11.9 Å². The van der Waals surface area contributed by atoms with E-state index >= 15 is 0 Å². The Hall–Kier alpha value is -2.48. The van der Waals surface area contributed by atoms with Gasteiger partial charge in [-0.05, 0) is 18.6 Å². The Morgan fingerprint density at radius 2 is 2.00 bits per heavy atom. The van der Waals surface area contributed by atoms with Crippen molar-refractivity contribution in [2.75, 3.05) is 23.9 Å². The number of benzene rings is 1. The third-order valence-corrected chi connectivity index (χ3v) is 5.90. The molecule has 3 rings (SSSR count). The number of sulfone groups is 1. The van der Waals surface area contributed by atoms with Crippen LogP contribution >= 0.6 is 0 Å². The lowest BCUT2D eigenvalue weighted by Crippen LogP contribution is -2.43. The number of rotatable bonds is 2. The molecule has 24 heavy (non-hydrogen) atoms. The van der Waals surface area contributed by atoms with Crippen LogP contribution in [0.15, 0.2) is 36.5 Å². The van der Waals surface area contributed by atoms with Crippen LogP contribution in [0.2, 0.25) is 0 Å². The number of amides is 2. The van der Waals surface area contributed by atoms with Crippen LogP contribution in [-0.4, -0.2) is 54.7 Å². The summed E-state index contributed by atoms with van der Waals surface area (Å²) in [4.78, 5) is 29.9. The second-order valence-electron chi connectivity index (χ2n) is 5.81. The zero-order valence-corrected chi connectivity index (χ0v) is 13.9. The van der Waals surface area contributed by atoms with E-state index in [1.807, 2.05) is 12.1 Å². The molecule has 8 heteroatoms. The zero-order chi connectivity index (χ0) is 17.3. The summed E-state index contributed by atoms with van der Waals surface area (Å²) >= 11 is 0. The van der Waals surface area contributed by atoms with Crippen molar-refractivity contribution in [1.29, 1.82) is 0 Å². The first kappa shape index (κ1) is 16.4. The summed E-state index contributed by atoms with van der Waals surface area (Å²) < 4.78 is 23.1. The third-order valence-electron chi connectivity index (χ3n) is 4.15. The van der Waals surface area contributed by atoms with Crippen molar-refractivity contribution in [2.45, 2.75) is 12.5 Å². The first-order valence-electron chi connectivity index (χ1n) is 7.50. The van der Waals surface area contributed by atoms with Crippen molar-refractivity contribution in [3.05, 3.63) is 36.5 Å². The highest BCUT2D eigenvalue weighted by Gasteiger charge is 2.34. The van der Waals surface area contributed by atoms with Crippen molar-refractivity contribution in [2.24, 2.45) is 0 Å². The Kier molecular flexibility index (Phi) is 4.23. The molecule has 0 aliphatic carbocycles. The highest BCUT2D eigenvalue weighted by Crippen LogP contribution is 2.21. The summed E-state index contributed by atoms with van der Waals surface area (Å²) in [7, 11) is -1.67. The molecule has 1 N–H and O–H groups in total. The van der Waals surface area contributed by atoms with Crippen LogP contribution in [0.25, 0.3) is 10.9 Å². The molecular weight excluding hydrogens is 330 g/mol. The second-order valence-corrected chi connectivity index (χ2v) is 8.04. The lowest BCUT2D eigenvalue weighted by Gasteiger charge is -2.22. The molecule has 0 bridgehead atoms. The van der Waals surface area contributed by atoms with E-state index in [1.54, 1.807) is 24.4 Å². The number of carbonyl (C=O) groups excluding carboxylic acids is 2. The summed E-state index contributed by atoms with van der Waals surface area (Å²) in [6.07, 6.45) is 1.96. The molecule has 2 heterocycles. The number of pyridine rings is 1. The number of hydrogen-bond acceptors (Lipinski definition) is 5. The zero-order valence-electron chi connectivity index (χ0n) is 13.1. The van der Waals surface area contributed by atoms with E-state index in [4.69, 9.17) is 0 Å². The highest BCUT2D eigenvalue weighted by molar-refractivity contribution is 7.91. The molecule has 1 unspecified atom stereocenters. The summed E-state index contributed by atoms with van der Waals surface area (Å²) in [6.45, 7) is 0. The lowest BCUT2D eigenvalue weighted by molar-refractivity contribution is -0.143. The smallest absolute Gasteiger partial charge is 0.313 e. The van der Waals surface area contributed by atoms with Gasteiger partial charge in [-0.25, -0.2) is 8.42 Å². The Balaban J connectivity index is 1.75. The average molecular weight is 347 g/mol. The number of carbonyl (C=O) groups is 2. The van der Waals surface area contributed by atoms with Crippen molar-refractivity contribution in [1.82, 2.24) is 9.88 Å². The van der Waals surface area contributed by atoms with Gasteiger partial charge < -0.3 is 10.2 Å². The van der Waals surface area contributed by atoms with Crippen molar-refractivity contribution < 1.29 is 18.0 Å². The van der Waals surface area contributed by atoms with E-state index in [0.717, 1.165) is 5.39 Å². The number of nitrogens with zero attached hydrogens (tertiary/aromatic N) is 2. The number of fused-ring (bicyclic) bond motifs is 1. The Bertz CT molecular complexity index is 905. The quantitative estimate of drug-likeness (QED) is 0.811. The summed E-state index contributed by atoms with van der Waals surface area (Å²) in [6, 6.07) is 8.47. The molecule has 2 amide bonds. The topological polar surface area (TPSA) is 96.4 Å². The number of anilines is 1. The van der Waals surface area contributed by atoms with Gasteiger partial charge in [0.15, 0.2) is 9.84 Å². The standard InChI is InChI=1S/C16H17N3O4S/c1-19(12-7-9-24(22,23)10-12)16(21)15(20)18-13-6-2-4-11-5-3-8-17-14(11)13/h2-6,8,12H,7,9-10H2,1H3,(H,18,20). The van der Waals surface area contributed by atoms with Crippen molar-refractivity contribution in [3.63, 3.8) is 0 Å². The maximum atomic E-state index is 12.3. The minimum Gasteiger partial charge on any atom is -0.333 e. The van der Waals surface area contributed by atoms with Crippen molar-refractivity contribution >= 4 is 38.2 Å². The highest BCUT2D eigenvalue weighted by atomic mass is 32.2. The minimum atomic E-state index is -3.12. The van der Waals surface area contributed by atoms with Crippen LogP contribution < -0.4 is 5.32 Å². The Morgan fingerprint density at radius 3 is 2.71 bits per heavy atom. The average Bonchev–Trinajstić information content (AvgIpc) is 2.93. The van der Waals surface area contributed by atoms with Gasteiger partial charge in [-0.15, -0.1) is 0 Å². The van der Waals surface area contributed by atoms with Gasteiger partial charge in [-0.2, -0.15) is 0 Å². The SMILES string of the molecule is CN(C(=O)C(=O)Nc1cccc2cccnc12)C1CCS(=O)(=O)C1. The predicted molar refractivity (Wildman–Crippen MR) is 90.2 cm³/mol. The molecule has 1 saturated heterocycles. The maximum Gasteiger partial charge on any atom is 0.313 e. The Labute approximate surface area is 139 Å². The van der Waals surface area contributed by atoms with Crippen LogP contribution in [0.4, 0.5) is 5.69 Å². The number of nitrogens with one attached hydrogen (secondary N) is 1. The van der Waals surface area contributed by atoms with E-state index in [-0.39, 0.29) is 11.5 Å². The largest absolute Gasteiger partial charge is 0.333 e. The monoisotopic (exact) mass is 347 g/mol. The van der Waals surface area contributed by atoms with Gasteiger partial charge in [0.25, 0.3) is 0 Å². The van der Waals surface area contributed by atoms with E-state index in [2.05, 4.69) is 10.3 Å². The molecule has 1 atom stereocenters. The Morgan fingerprint density at radius 1 is 1.25 bits per heavy atom. The van der Waals surface area contributed by atoms with Crippen LogP contribution in [0, 0.1) is 0 Å². The van der Waals surface area contributed by atoms with Gasteiger partial charge in [0.05, 0.1) is 22.7 Å². The molecule has 0 saturated carbocycles. The summed E-state index contributed by atoms with van der Waals surface area (Å²) in [5.41, 5.74) is 1.03. The molecule has 126 valence electrons. The molecule has 7 nitrogen and oxygen atoms in total. The van der Waals surface area contributed by atoms with E-state index in [0.29, 0.717) is 17.6 Å². The molecule has 0 spiro atoms. The van der Waals surface area contributed by atoms with Crippen LogP contribution in [0.5, 0.6) is 0 Å². The molecule has 1 aliphatic heterocycles. The van der Waals surface area contributed by atoms with E-state index < -0.39 is 27.7 Å². The fourth-order valence-electron chi connectivity index (χ4n) is 2.79. The number of likely N-dealkylation sites (N-methyl/N-ethyl adjacent to an activating group) is 1. The van der Waals surface area contributed by atoms with Crippen LogP contribution in [0.1, 0.15) is 6.42 Å². The van der Waals surface area contributed by atoms with Gasteiger partial charge in [0.1, 0.15) is 0 Å². The second kappa shape index (κ2) is 6.20. The van der Waals surface area contributed by atoms with Crippen molar-refractivity contribution in [3.8, 4) is 0 Å². The third kappa shape index (κ3) is 3.23. The van der Waals surface area contributed by atoms with Gasteiger partial charge >= 0.3 is 11.8 Å². The summed E-state index contributed by atoms with van der Waals surface area (Å²) in [5, 5.41) is 3.41. The predicted octanol–water partition coefficient (Wildman–Crippen LogP) is 0.819. The molecule has 2 aromatic rings. The van der Waals surface area contributed by atoms with Gasteiger partial charge in [0, 0.05) is 24.7 Å². The normalized spacial score (nSPS) is 19.1. The number of aromatic nitrogens is 1. The maximum absolute atomic E-state index is 12.3.